The summed E-state index contributed by atoms with van der Waals surface area (Å²) in [6.45, 7) is 1.80. The molecule has 0 bridgehead atoms. The Morgan fingerprint density at radius 3 is 2.26 bits per heavy atom. The molecule has 0 unspecified atom stereocenters. The number of anilines is 1. The maximum atomic E-state index is 13.3. The molecule has 8 heteroatoms. The van der Waals surface area contributed by atoms with Gasteiger partial charge in [-0.3, -0.25) is 9.59 Å². The highest BCUT2D eigenvalue weighted by atomic mass is 35.5. The summed E-state index contributed by atoms with van der Waals surface area (Å²) in [7, 11) is 0. The summed E-state index contributed by atoms with van der Waals surface area (Å²) in [6.07, 6.45) is 0. The van der Waals surface area contributed by atoms with Crippen molar-refractivity contribution in [3.05, 3.63) is 111 Å². The van der Waals surface area contributed by atoms with Crippen molar-refractivity contribution in [2.45, 2.75) is 12.8 Å². The van der Waals surface area contributed by atoms with E-state index in [0.29, 0.717) is 32.1 Å². The first-order valence-corrected chi connectivity index (χ1v) is 12.1. The van der Waals surface area contributed by atoms with Crippen LogP contribution in [0.1, 0.15) is 39.2 Å². The highest BCUT2D eigenvalue weighted by Crippen LogP contribution is 2.43. The molecule has 35 heavy (non-hydrogen) atoms. The molecule has 0 radical (unpaired) electrons. The van der Waals surface area contributed by atoms with E-state index in [1.54, 1.807) is 31.2 Å². The number of thiophene rings is 1. The van der Waals surface area contributed by atoms with Gasteiger partial charge in [0.05, 0.1) is 20.8 Å². The van der Waals surface area contributed by atoms with Gasteiger partial charge in [0.25, 0.3) is 11.8 Å². The van der Waals surface area contributed by atoms with E-state index in [1.165, 1.54) is 11.3 Å². The second-order valence-corrected chi connectivity index (χ2v) is 9.64. The Morgan fingerprint density at radius 2 is 1.60 bits per heavy atom. The van der Waals surface area contributed by atoms with Gasteiger partial charge in [-0.05, 0) is 48.9 Å². The van der Waals surface area contributed by atoms with Gasteiger partial charge in [0.15, 0.2) is 0 Å². The van der Waals surface area contributed by atoms with Crippen molar-refractivity contribution in [3.63, 3.8) is 0 Å². The topological polar surface area (TPSA) is 79.8 Å². The molecule has 0 atom stereocenters. The Balaban J connectivity index is 1.34. The monoisotopic (exact) mass is 501 g/mol. The highest BCUT2D eigenvalue weighted by Gasteiger charge is 2.32. The minimum absolute atomic E-state index is 0.237. The van der Waals surface area contributed by atoms with Crippen LogP contribution in [0.15, 0.2) is 90.0 Å². The smallest absolute Gasteiger partial charge is 0.265 e. The third-order valence-corrected chi connectivity index (χ3v) is 6.84. The van der Waals surface area contributed by atoms with Crippen molar-refractivity contribution in [2.75, 3.05) is 5.32 Å². The molecule has 0 saturated heterocycles. The molecular weight excluding hydrogens is 482 g/mol. The van der Waals surface area contributed by atoms with E-state index < -0.39 is 5.92 Å². The van der Waals surface area contributed by atoms with Crippen molar-refractivity contribution in [1.29, 1.82) is 0 Å². The Hall–Kier alpha value is -3.94. The van der Waals surface area contributed by atoms with Crippen LogP contribution in [-0.2, 0) is 4.79 Å². The summed E-state index contributed by atoms with van der Waals surface area (Å²) >= 11 is 7.14. The number of halogens is 1. The molecule has 2 heterocycles. The van der Waals surface area contributed by atoms with Crippen LogP contribution in [0.4, 0.5) is 5.69 Å². The number of nitrogens with one attached hydrogen (secondary N) is 2. The molecule has 1 aliphatic heterocycles. The number of nitrogens with zero attached hydrogens (tertiary/aromatic N) is 1. The molecule has 4 aromatic rings. The molecule has 5 rings (SSSR count). The molecule has 0 spiro atoms. The zero-order chi connectivity index (χ0) is 24.4. The molecule has 0 aliphatic carbocycles. The average Bonchev–Trinajstić information content (AvgIpc) is 3.32. The van der Waals surface area contributed by atoms with E-state index in [9.17, 15) is 9.59 Å². The van der Waals surface area contributed by atoms with Gasteiger partial charge < -0.3 is 10.1 Å². The first-order chi connectivity index (χ1) is 17.0. The van der Waals surface area contributed by atoms with Crippen LogP contribution in [0.25, 0.3) is 0 Å². The standard InChI is InChI=1S/C27H20ClN3O3S/c1-16(17-7-6-8-18(15-17)29-26(32)23-13-14-24(28)35-23)30-31-27(33)25-19-9-2-4-11-21(19)34-22-12-5-3-10-20(22)25/h2-15,25H,1H3,(H,29,32)(H,31,33)/b30-16+. The molecule has 6 nitrogen and oxygen atoms in total. The molecule has 2 amide bonds. The maximum absolute atomic E-state index is 13.3. The zero-order valence-electron chi connectivity index (χ0n) is 18.6. The lowest BCUT2D eigenvalue weighted by molar-refractivity contribution is -0.121. The minimum atomic E-state index is -0.545. The lowest BCUT2D eigenvalue weighted by atomic mass is 9.87. The number of benzene rings is 3. The van der Waals surface area contributed by atoms with Gasteiger partial charge in [-0.1, -0.05) is 60.1 Å². The van der Waals surface area contributed by atoms with E-state index in [4.69, 9.17) is 16.3 Å². The number of hydrazone groups is 1. The lowest BCUT2D eigenvalue weighted by Crippen LogP contribution is -2.29. The molecule has 0 fully saturated rings. The molecule has 3 aromatic carbocycles. The first kappa shape index (κ1) is 22.8. The van der Waals surface area contributed by atoms with Crippen molar-refractivity contribution in [1.82, 2.24) is 5.43 Å². The number of carbonyl (C=O) groups excluding carboxylic acids is 2. The van der Waals surface area contributed by atoms with Crippen LogP contribution < -0.4 is 15.5 Å². The molecule has 2 N–H and O–H groups in total. The number of fused-ring (bicyclic) bond motifs is 2. The molecule has 174 valence electrons. The van der Waals surface area contributed by atoms with Crippen molar-refractivity contribution >= 4 is 46.2 Å². The van der Waals surface area contributed by atoms with Crippen LogP contribution in [0.5, 0.6) is 11.5 Å². The van der Waals surface area contributed by atoms with Crippen molar-refractivity contribution in [2.24, 2.45) is 5.10 Å². The SMILES string of the molecule is C/C(=N\NC(=O)C1c2ccccc2Oc2ccccc21)c1cccc(NC(=O)c2ccc(Cl)s2)c1. The fourth-order valence-electron chi connectivity index (χ4n) is 3.91. The maximum Gasteiger partial charge on any atom is 0.265 e. The second-order valence-electron chi connectivity index (χ2n) is 7.92. The van der Waals surface area contributed by atoms with Gasteiger partial charge in [-0.25, -0.2) is 5.43 Å². The summed E-state index contributed by atoms with van der Waals surface area (Å²) in [5, 5.41) is 7.21. The lowest BCUT2D eigenvalue weighted by Gasteiger charge is -2.26. The first-order valence-electron chi connectivity index (χ1n) is 10.9. The summed E-state index contributed by atoms with van der Waals surface area (Å²) in [5.74, 6) is 0.270. The third kappa shape index (κ3) is 4.82. The average molecular weight is 502 g/mol. The third-order valence-electron chi connectivity index (χ3n) is 5.61. The normalized spacial score (nSPS) is 12.8. The molecule has 0 saturated carbocycles. The largest absolute Gasteiger partial charge is 0.457 e. The van der Waals surface area contributed by atoms with Crippen molar-refractivity contribution < 1.29 is 14.3 Å². The van der Waals surface area contributed by atoms with E-state index in [1.807, 2.05) is 60.7 Å². The zero-order valence-corrected chi connectivity index (χ0v) is 20.2. The summed E-state index contributed by atoms with van der Waals surface area (Å²) in [6, 6.07) is 25.6. The molecule has 1 aromatic heterocycles. The number of amides is 2. The number of para-hydroxylation sites is 2. The number of hydrogen-bond acceptors (Lipinski definition) is 5. The van der Waals surface area contributed by atoms with Crippen LogP contribution in [0.2, 0.25) is 4.34 Å². The summed E-state index contributed by atoms with van der Waals surface area (Å²) in [5.41, 5.74) is 6.27. The van der Waals surface area contributed by atoms with E-state index in [2.05, 4.69) is 15.8 Å². The Kier molecular flexibility index (Phi) is 6.35. The van der Waals surface area contributed by atoms with Gasteiger partial charge in [0.2, 0.25) is 0 Å². The Labute approximate surface area is 211 Å². The number of rotatable bonds is 5. The van der Waals surface area contributed by atoms with Gasteiger partial charge in [0, 0.05) is 16.8 Å². The molecular formula is C27H20ClN3O3S. The van der Waals surface area contributed by atoms with E-state index >= 15 is 0 Å². The minimum Gasteiger partial charge on any atom is -0.457 e. The van der Waals surface area contributed by atoms with Crippen LogP contribution >= 0.6 is 22.9 Å². The second kappa shape index (κ2) is 9.74. The van der Waals surface area contributed by atoms with Crippen LogP contribution in [0.3, 0.4) is 0 Å². The predicted molar refractivity (Wildman–Crippen MR) is 139 cm³/mol. The highest BCUT2D eigenvalue weighted by molar-refractivity contribution is 7.18. The summed E-state index contributed by atoms with van der Waals surface area (Å²) in [4.78, 5) is 26.3. The predicted octanol–water partition coefficient (Wildman–Crippen LogP) is 6.43. The van der Waals surface area contributed by atoms with Crippen LogP contribution in [0, 0.1) is 0 Å². The number of carbonyl (C=O) groups is 2. The van der Waals surface area contributed by atoms with Crippen molar-refractivity contribution in [3.8, 4) is 11.5 Å². The van der Waals surface area contributed by atoms with Gasteiger partial charge >= 0.3 is 0 Å². The van der Waals surface area contributed by atoms with Crippen LogP contribution in [-0.4, -0.2) is 17.5 Å². The quantitative estimate of drug-likeness (QED) is 0.244. The van der Waals surface area contributed by atoms with Gasteiger partial charge in [0.1, 0.15) is 11.5 Å². The number of hydrogen-bond donors (Lipinski definition) is 2. The van der Waals surface area contributed by atoms with E-state index in [-0.39, 0.29) is 11.8 Å². The number of ether oxygens (including phenoxy) is 1. The fourth-order valence-corrected chi connectivity index (χ4v) is 4.85. The Bertz CT molecular complexity index is 1420. The molecule has 1 aliphatic rings. The van der Waals surface area contributed by atoms with Gasteiger partial charge in [-0.15, -0.1) is 11.3 Å². The van der Waals surface area contributed by atoms with E-state index in [0.717, 1.165) is 16.7 Å². The fraction of sp³-hybridized carbons (Fsp3) is 0.0741. The van der Waals surface area contributed by atoms with Gasteiger partial charge in [-0.2, -0.15) is 5.10 Å². The Morgan fingerprint density at radius 1 is 0.914 bits per heavy atom. The summed E-state index contributed by atoms with van der Waals surface area (Å²) < 4.78 is 6.53.